The molecule has 0 aromatic carbocycles. The van der Waals surface area contributed by atoms with Crippen LogP contribution in [0.3, 0.4) is 0 Å². The Labute approximate surface area is 67.9 Å². The molecule has 0 aliphatic rings. The molecule has 0 saturated heterocycles. The fraction of sp³-hybridized carbons (Fsp3) is 0. The fourth-order valence-electron chi connectivity index (χ4n) is 0. The fourth-order valence-corrected chi connectivity index (χ4v) is 0. The van der Waals surface area contributed by atoms with Crippen LogP contribution < -0.4 is 0 Å². The predicted octanol–water partition coefficient (Wildman–Crippen LogP) is -1.03. The molecule has 0 rings (SSSR count). The van der Waals surface area contributed by atoms with Crippen LogP contribution in [0.4, 0.5) is 0 Å². The standard InChI is InChI=1S/B.Na.H2S.Se/h;;1H2;. The van der Waals surface area contributed by atoms with E-state index in [0.717, 1.165) is 0 Å². The Hall–Kier alpha value is 1.93. The Morgan fingerprint density at radius 1 is 1.00 bits per heavy atom. The number of hydrogen-bond donors (Lipinski definition) is 0. The summed E-state index contributed by atoms with van der Waals surface area (Å²) in [6, 6.07) is 0. The average Bonchev–Trinajstić information content (AvgIpc) is 0. The van der Waals surface area contributed by atoms with Gasteiger partial charge in [0.05, 0.1) is 0 Å². The molecule has 0 saturated carbocycles. The van der Waals surface area contributed by atoms with Gasteiger partial charge in [0, 0.05) is 55.0 Å². The minimum atomic E-state index is 0. The van der Waals surface area contributed by atoms with Crippen molar-refractivity contribution in [2.75, 3.05) is 0 Å². The predicted molar refractivity (Wildman–Crippen MR) is 27.6 cm³/mol. The van der Waals surface area contributed by atoms with Crippen molar-refractivity contribution < 1.29 is 0 Å². The van der Waals surface area contributed by atoms with Gasteiger partial charge >= 0.3 is 0 Å². The van der Waals surface area contributed by atoms with Crippen molar-refractivity contribution in [1.82, 2.24) is 0 Å². The van der Waals surface area contributed by atoms with E-state index >= 15 is 0 Å². The summed E-state index contributed by atoms with van der Waals surface area (Å²) in [5.74, 6) is 0. The van der Waals surface area contributed by atoms with E-state index in [-0.39, 0.29) is 68.5 Å². The molecule has 0 heterocycles. The second-order valence-corrected chi connectivity index (χ2v) is 0. The van der Waals surface area contributed by atoms with Crippen LogP contribution in [0.5, 0.6) is 0 Å². The van der Waals surface area contributed by atoms with E-state index in [1.54, 1.807) is 0 Å². The van der Waals surface area contributed by atoms with Crippen LogP contribution in [0.1, 0.15) is 0 Å². The first-order valence-corrected chi connectivity index (χ1v) is 0. The van der Waals surface area contributed by atoms with Crippen LogP contribution in [0.15, 0.2) is 0 Å². The van der Waals surface area contributed by atoms with Crippen LogP contribution in [0.2, 0.25) is 0 Å². The van der Waals surface area contributed by atoms with E-state index < -0.39 is 0 Å². The molecular formula is H2BNaSSe. The molecule has 0 atom stereocenters. The van der Waals surface area contributed by atoms with E-state index in [0.29, 0.717) is 0 Å². The van der Waals surface area contributed by atoms with Gasteiger partial charge in [-0.05, 0) is 0 Å². The van der Waals surface area contributed by atoms with E-state index in [9.17, 15) is 0 Å². The van der Waals surface area contributed by atoms with Crippen molar-refractivity contribution >= 4 is 68.5 Å². The second kappa shape index (κ2) is 20.4. The first kappa shape index (κ1) is 38.6. The van der Waals surface area contributed by atoms with Crippen LogP contribution in [0.25, 0.3) is 0 Å². The molecule has 0 aliphatic carbocycles. The summed E-state index contributed by atoms with van der Waals surface area (Å²) in [5, 5.41) is 0. The van der Waals surface area contributed by atoms with Crippen molar-refractivity contribution in [3.05, 3.63) is 0 Å². The van der Waals surface area contributed by atoms with Gasteiger partial charge < -0.3 is 0 Å². The van der Waals surface area contributed by atoms with Gasteiger partial charge in [-0.2, -0.15) is 13.5 Å². The first-order valence-electron chi connectivity index (χ1n) is 0. The summed E-state index contributed by atoms with van der Waals surface area (Å²) in [5.41, 5.74) is 0. The summed E-state index contributed by atoms with van der Waals surface area (Å²) in [6.07, 6.45) is 0. The zero-order valence-electron chi connectivity index (χ0n) is 2.49. The minimum absolute atomic E-state index is 0. The molecule has 0 nitrogen and oxygen atoms in total. The largest absolute Gasteiger partial charge is 0.197 e. The Kier molecular flexibility index (Phi) is 197. The maximum atomic E-state index is 0. The Balaban J connectivity index is 0. The zero-order chi connectivity index (χ0) is 0. The molecule has 0 aliphatic heterocycles. The average molecular weight is 147 g/mol. The van der Waals surface area contributed by atoms with Gasteiger partial charge in [0.25, 0.3) is 0 Å². The Bertz CT molecular complexity index is 8.00. The van der Waals surface area contributed by atoms with Crippen LogP contribution in [0, 0.1) is 0 Å². The summed E-state index contributed by atoms with van der Waals surface area (Å²) in [4.78, 5) is 0. The molecule has 6 radical (unpaired) electrons. The molecule has 0 amide bonds. The molecular weight excluding hydrogens is 145 g/mol. The van der Waals surface area contributed by atoms with Gasteiger partial charge in [0.2, 0.25) is 0 Å². The van der Waals surface area contributed by atoms with Crippen LogP contribution in [-0.4, -0.2) is 55.0 Å². The smallest absolute Gasteiger partial charge is 0 e. The van der Waals surface area contributed by atoms with Crippen molar-refractivity contribution in [3.63, 3.8) is 0 Å². The summed E-state index contributed by atoms with van der Waals surface area (Å²) in [6.45, 7) is 0. The van der Waals surface area contributed by atoms with Crippen molar-refractivity contribution in [2.24, 2.45) is 0 Å². The minimum Gasteiger partial charge on any atom is -0.197 e. The maximum absolute atomic E-state index is 0. The van der Waals surface area contributed by atoms with E-state index in [2.05, 4.69) is 0 Å². The quantitative estimate of drug-likeness (QED) is 0.384. The molecule has 0 aromatic rings. The second-order valence-electron chi connectivity index (χ2n) is 0. The third-order valence-electron chi connectivity index (χ3n) is 0. The topological polar surface area (TPSA) is 0 Å². The molecule has 0 aromatic heterocycles. The van der Waals surface area contributed by atoms with E-state index in [1.807, 2.05) is 0 Å². The molecule has 4 heteroatoms. The van der Waals surface area contributed by atoms with Gasteiger partial charge in [-0.3, -0.25) is 0 Å². The Morgan fingerprint density at radius 2 is 1.00 bits per heavy atom. The van der Waals surface area contributed by atoms with Gasteiger partial charge in [0.1, 0.15) is 0 Å². The SMILES string of the molecule is S.[B].[Na].[Se]. The third-order valence-corrected chi connectivity index (χ3v) is 0. The van der Waals surface area contributed by atoms with E-state index in [4.69, 9.17) is 0 Å². The van der Waals surface area contributed by atoms with Crippen molar-refractivity contribution in [2.45, 2.75) is 0 Å². The van der Waals surface area contributed by atoms with Crippen molar-refractivity contribution in [1.29, 1.82) is 0 Å². The van der Waals surface area contributed by atoms with Crippen LogP contribution >= 0.6 is 13.5 Å². The van der Waals surface area contributed by atoms with Gasteiger partial charge in [0.15, 0.2) is 0 Å². The third kappa shape index (κ3) is 9.05. The summed E-state index contributed by atoms with van der Waals surface area (Å²) < 4.78 is 0. The van der Waals surface area contributed by atoms with Crippen molar-refractivity contribution in [3.8, 4) is 0 Å². The van der Waals surface area contributed by atoms with Crippen LogP contribution in [-0.2, 0) is 0 Å². The molecule has 18 valence electrons. The molecule has 4 heavy (non-hydrogen) atoms. The molecule has 0 bridgehead atoms. The molecule has 0 fully saturated rings. The van der Waals surface area contributed by atoms with Gasteiger partial charge in [-0.1, -0.05) is 0 Å². The molecule has 0 N–H and O–H groups in total. The summed E-state index contributed by atoms with van der Waals surface area (Å²) in [7, 11) is 0. The van der Waals surface area contributed by atoms with Gasteiger partial charge in [-0.25, -0.2) is 0 Å². The zero-order valence-corrected chi connectivity index (χ0v) is 7.20. The van der Waals surface area contributed by atoms with Gasteiger partial charge in [-0.15, -0.1) is 0 Å². The monoisotopic (exact) mass is 148 g/mol. The summed E-state index contributed by atoms with van der Waals surface area (Å²) >= 11 is 0. The molecule has 0 unspecified atom stereocenters. The van der Waals surface area contributed by atoms with E-state index in [1.165, 1.54) is 0 Å². The maximum Gasteiger partial charge on any atom is 0 e. The Morgan fingerprint density at radius 3 is 1.00 bits per heavy atom. The number of hydrogen-bond acceptors (Lipinski definition) is 0. The first-order chi connectivity index (χ1) is 0. The normalized spacial score (nSPS) is 0. The number of rotatable bonds is 0. The molecule has 0 spiro atoms.